The molecule has 0 bridgehead atoms. The molecule has 7 heteroatoms. The second-order valence-corrected chi connectivity index (χ2v) is 5.56. The van der Waals surface area contributed by atoms with Crippen LogP contribution in [0.5, 0.6) is 0 Å². The second kappa shape index (κ2) is 5.00. The maximum Gasteiger partial charge on any atom is 0.162 e. The number of anilines is 1. The minimum atomic E-state index is 0.273. The Hall–Kier alpha value is -1.16. The van der Waals surface area contributed by atoms with Crippen LogP contribution >= 0.6 is 34.5 Å². The first-order valence-corrected chi connectivity index (χ1v) is 6.82. The van der Waals surface area contributed by atoms with Gasteiger partial charge in [-0.3, -0.25) is 0 Å². The van der Waals surface area contributed by atoms with Gasteiger partial charge >= 0.3 is 0 Å². The smallest absolute Gasteiger partial charge is 0.162 e. The minimum Gasteiger partial charge on any atom is -0.357 e. The first-order chi connectivity index (χ1) is 8.11. The highest BCUT2D eigenvalue weighted by Crippen LogP contribution is 2.31. The van der Waals surface area contributed by atoms with Crippen LogP contribution in [0.2, 0.25) is 5.15 Å². The molecule has 17 heavy (non-hydrogen) atoms. The van der Waals surface area contributed by atoms with Crippen molar-refractivity contribution >= 4 is 39.5 Å². The third-order valence-corrected chi connectivity index (χ3v) is 4.42. The molecule has 0 amide bonds. The Bertz CT molecular complexity index is 569. The van der Waals surface area contributed by atoms with Crippen LogP contribution in [-0.2, 0) is 6.54 Å². The lowest BCUT2D eigenvalue weighted by atomic mass is 10.3. The summed E-state index contributed by atoms with van der Waals surface area (Å²) in [5, 5.41) is 13.1. The molecule has 0 aliphatic rings. The van der Waals surface area contributed by atoms with E-state index >= 15 is 0 Å². The van der Waals surface area contributed by atoms with Gasteiger partial charge in [0, 0.05) is 18.1 Å². The van der Waals surface area contributed by atoms with E-state index in [2.05, 4.69) is 15.4 Å². The standard InChI is InChI=1S/C10H9ClN4S2/c1-6-5-16-8(13-6)4-15(2)10-7(3-12)9(11)14-17-10/h5H,4H2,1-2H3. The molecule has 2 aromatic heterocycles. The summed E-state index contributed by atoms with van der Waals surface area (Å²) in [6.45, 7) is 2.62. The maximum absolute atomic E-state index is 9.00. The molecule has 2 aromatic rings. The van der Waals surface area contributed by atoms with E-state index in [1.807, 2.05) is 24.3 Å². The normalized spacial score (nSPS) is 10.2. The monoisotopic (exact) mass is 284 g/mol. The molecule has 0 saturated carbocycles. The fourth-order valence-corrected chi connectivity index (χ4v) is 3.18. The van der Waals surface area contributed by atoms with Crippen molar-refractivity contribution in [3.63, 3.8) is 0 Å². The average molecular weight is 285 g/mol. The molecule has 0 aliphatic carbocycles. The number of aryl methyl sites for hydroxylation is 1. The second-order valence-electron chi connectivity index (χ2n) is 3.50. The fourth-order valence-electron chi connectivity index (χ4n) is 1.37. The van der Waals surface area contributed by atoms with Crippen molar-refractivity contribution in [3.8, 4) is 6.07 Å². The van der Waals surface area contributed by atoms with Crippen LogP contribution in [0.4, 0.5) is 5.00 Å². The Labute approximate surface area is 112 Å². The van der Waals surface area contributed by atoms with Gasteiger partial charge in [0.2, 0.25) is 0 Å². The van der Waals surface area contributed by atoms with Gasteiger partial charge in [0.05, 0.1) is 6.54 Å². The first-order valence-electron chi connectivity index (χ1n) is 4.79. The van der Waals surface area contributed by atoms with E-state index in [0.29, 0.717) is 12.1 Å². The van der Waals surface area contributed by atoms with Gasteiger partial charge in [0.15, 0.2) is 5.15 Å². The van der Waals surface area contributed by atoms with Crippen molar-refractivity contribution in [2.75, 3.05) is 11.9 Å². The van der Waals surface area contributed by atoms with Crippen molar-refractivity contribution in [1.82, 2.24) is 9.36 Å². The van der Waals surface area contributed by atoms with E-state index in [4.69, 9.17) is 16.9 Å². The first kappa shape index (κ1) is 12.3. The third-order valence-electron chi connectivity index (χ3n) is 2.13. The summed E-state index contributed by atoms with van der Waals surface area (Å²) in [5.74, 6) is 0. The Morgan fingerprint density at radius 3 is 2.94 bits per heavy atom. The van der Waals surface area contributed by atoms with E-state index in [1.165, 1.54) is 11.5 Å². The average Bonchev–Trinajstić information content (AvgIpc) is 2.84. The molecule has 0 saturated heterocycles. The Morgan fingerprint density at radius 1 is 1.59 bits per heavy atom. The summed E-state index contributed by atoms with van der Waals surface area (Å²) in [6.07, 6.45) is 0. The SMILES string of the molecule is Cc1csc(CN(C)c2snc(Cl)c2C#N)n1. The Kier molecular flexibility index (Phi) is 3.62. The molecule has 0 N–H and O–H groups in total. The molecule has 4 nitrogen and oxygen atoms in total. The van der Waals surface area contributed by atoms with E-state index in [9.17, 15) is 0 Å². The Morgan fingerprint density at radius 2 is 2.35 bits per heavy atom. The van der Waals surface area contributed by atoms with Gasteiger partial charge in [-0.2, -0.15) is 9.64 Å². The van der Waals surface area contributed by atoms with Crippen LogP contribution < -0.4 is 4.90 Å². The van der Waals surface area contributed by atoms with Crippen LogP contribution in [0.3, 0.4) is 0 Å². The van der Waals surface area contributed by atoms with E-state index < -0.39 is 0 Å². The van der Waals surface area contributed by atoms with Crippen LogP contribution in [0, 0.1) is 18.3 Å². The highest BCUT2D eigenvalue weighted by atomic mass is 35.5. The molecule has 0 radical (unpaired) electrons. The van der Waals surface area contributed by atoms with E-state index in [-0.39, 0.29) is 5.15 Å². The lowest BCUT2D eigenvalue weighted by Gasteiger charge is -2.14. The zero-order valence-electron chi connectivity index (χ0n) is 9.27. The topological polar surface area (TPSA) is 52.8 Å². The molecule has 0 aliphatic heterocycles. The summed E-state index contributed by atoms with van der Waals surface area (Å²) in [6, 6.07) is 2.07. The summed E-state index contributed by atoms with van der Waals surface area (Å²) in [5.41, 5.74) is 1.45. The lowest BCUT2D eigenvalue weighted by Crippen LogP contribution is -2.15. The predicted molar refractivity (Wildman–Crippen MR) is 70.8 cm³/mol. The van der Waals surface area contributed by atoms with Crippen molar-refractivity contribution < 1.29 is 0 Å². The zero-order chi connectivity index (χ0) is 12.4. The quantitative estimate of drug-likeness (QED) is 0.869. The Balaban J connectivity index is 2.20. The van der Waals surface area contributed by atoms with Gasteiger partial charge in [0.25, 0.3) is 0 Å². The lowest BCUT2D eigenvalue weighted by molar-refractivity contribution is 0.913. The number of nitrogens with zero attached hydrogens (tertiary/aromatic N) is 4. The van der Waals surface area contributed by atoms with Crippen LogP contribution in [0.1, 0.15) is 16.3 Å². The van der Waals surface area contributed by atoms with Crippen LogP contribution in [0.15, 0.2) is 5.38 Å². The molecule has 2 rings (SSSR count). The van der Waals surface area contributed by atoms with Gasteiger partial charge in [-0.1, -0.05) is 11.6 Å². The van der Waals surface area contributed by atoms with Crippen molar-refractivity contribution in [3.05, 3.63) is 26.8 Å². The molecule has 0 fully saturated rings. The number of aromatic nitrogens is 2. The zero-order valence-corrected chi connectivity index (χ0v) is 11.7. The number of nitriles is 1. The van der Waals surface area contributed by atoms with Gasteiger partial charge < -0.3 is 4.90 Å². The molecule has 0 atom stereocenters. The fraction of sp³-hybridized carbons (Fsp3) is 0.300. The molecule has 0 spiro atoms. The summed E-state index contributed by atoms with van der Waals surface area (Å²) >= 11 is 8.67. The molecular weight excluding hydrogens is 276 g/mol. The number of halogens is 1. The molecule has 88 valence electrons. The summed E-state index contributed by atoms with van der Waals surface area (Å²) in [7, 11) is 1.90. The van der Waals surface area contributed by atoms with Crippen LogP contribution in [-0.4, -0.2) is 16.4 Å². The number of hydrogen-bond donors (Lipinski definition) is 0. The van der Waals surface area contributed by atoms with E-state index in [1.54, 1.807) is 11.3 Å². The number of rotatable bonds is 3. The summed E-state index contributed by atoms with van der Waals surface area (Å²) in [4.78, 5) is 6.33. The highest BCUT2D eigenvalue weighted by molar-refractivity contribution is 7.11. The number of thiazole rings is 1. The van der Waals surface area contributed by atoms with E-state index in [0.717, 1.165) is 15.7 Å². The highest BCUT2D eigenvalue weighted by Gasteiger charge is 2.16. The largest absolute Gasteiger partial charge is 0.357 e. The minimum absolute atomic E-state index is 0.273. The molecule has 2 heterocycles. The predicted octanol–water partition coefficient (Wildman–Crippen LogP) is 3.07. The van der Waals surface area contributed by atoms with Gasteiger partial charge in [-0.05, 0) is 18.5 Å². The molecule has 0 unspecified atom stereocenters. The number of hydrogen-bond acceptors (Lipinski definition) is 6. The third kappa shape index (κ3) is 2.57. The molecule has 0 aromatic carbocycles. The van der Waals surface area contributed by atoms with Crippen molar-refractivity contribution in [2.24, 2.45) is 0 Å². The van der Waals surface area contributed by atoms with Gasteiger partial charge in [-0.25, -0.2) is 4.98 Å². The maximum atomic E-state index is 9.00. The molecular formula is C10H9ClN4S2. The van der Waals surface area contributed by atoms with Crippen molar-refractivity contribution in [1.29, 1.82) is 5.26 Å². The van der Waals surface area contributed by atoms with Crippen molar-refractivity contribution in [2.45, 2.75) is 13.5 Å². The van der Waals surface area contributed by atoms with Gasteiger partial charge in [-0.15, -0.1) is 11.3 Å². The summed E-state index contributed by atoms with van der Waals surface area (Å²) < 4.78 is 3.98. The van der Waals surface area contributed by atoms with Crippen LogP contribution in [0.25, 0.3) is 0 Å². The van der Waals surface area contributed by atoms with Gasteiger partial charge in [0.1, 0.15) is 21.6 Å².